The topological polar surface area (TPSA) is 61.0 Å². The smallest absolute Gasteiger partial charge is 0.0165 e. The summed E-state index contributed by atoms with van der Waals surface area (Å²) in [7, 11) is 0. The van der Waals surface area contributed by atoms with E-state index in [1.807, 2.05) is 0 Å². The fraction of sp³-hybridized carbons (Fsp3) is 0.647. The lowest BCUT2D eigenvalue weighted by Gasteiger charge is -2.80. The van der Waals surface area contributed by atoms with Gasteiger partial charge in [-0.25, -0.2) is 0 Å². The van der Waals surface area contributed by atoms with Gasteiger partial charge in [0.2, 0.25) is 0 Å². The summed E-state index contributed by atoms with van der Waals surface area (Å²) in [5.41, 5.74) is 9.23. The molecule has 7 aliphatic rings. The van der Waals surface area contributed by atoms with Gasteiger partial charge in [0.25, 0.3) is 0 Å². The van der Waals surface area contributed by atoms with Gasteiger partial charge in [0, 0.05) is 6.04 Å². The van der Waals surface area contributed by atoms with Gasteiger partial charge in [-0.2, -0.15) is 0 Å². The Hall–Kier alpha value is -0.860. The summed E-state index contributed by atoms with van der Waals surface area (Å²) in [6.45, 7) is 0. The van der Waals surface area contributed by atoms with Crippen molar-refractivity contribution in [1.29, 1.82) is 0 Å². The SMILES string of the molecule is N.NC1C23CC4CC(C2)CC1(C4)C3c1ccccc1. The maximum Gasteiger partial charge on any atom is 0.0165 e. The van der Waals surface area contributed by atoms with E-state index >= 15 is 0 Å². The molecule has 0 saturated heterocycles. The molecule has 0 aliphatic heterocycles. The number of hydrogen-bond donors (Lipinski definition) is 2. The van der Waals surface area contributed by atoms with Crippen molar-refractivity contribution in [3.8, 4) is 0 Å². The molecule has 7 saturated carbocycles. The van der Waals surface area contributed by atoms with Gasteiger partial charge in [0.15, 0.2) is 0 Å². The normalized spacial score (nSPS) is 52.5. The van der Waals surface area contributed by atoms with Crippen molar-refractivity contribution in [2.45, 2.75) is 44.1 Å². The van der Waals surface area contributed by atoms with Crippen LogP contribution in [0.1, 0.15) is 43.6 Å². The molecule has 0 heterocycles. The number of hydrogen-bond acceptors (Lipinski definition) is 2. The molecule has 2 nitrogen and oxygen atoms in total. The molecule has 7 fully saturated rings. The van der Waals surface area contributed by atoms with Crippen LogP contribution in [0.4, 0.5) is 0 Å². The minimum Gasteiger partial charge on any atom is -0.344 e. The van der Waals surface area contributed by atoms with Gasteiger partial charge in [-0.1, -0.05) is 30.3 Å². The van der Waals surface area contributed by atoms with Gasteiger partial charge in [0.1, 0.15) is 0 Å². The third kappa shape index (κ3) is 1.12. The molecule has 8 rings (SSSR count). The van der Waals surface area contributed by atoms with Crippen LogP contribution in [0.15, 0.2) is 30.3 Å². The Morgan fingerprint density at radius 2 is 1.42 bits per heavy atom. The van der Waals surface area contributed by atoms with Crippen molar-refractivity contribution in [3.05, 3.63) is 35.9 Å². The van der Waals surface area contributed by atoms with Crippen LogP contribution < -0.4 is 11.9 Å². The van der Waals surface area contributed by atoms with Crippen LogP contribution in [-0.4, -0.2) is 6.04 Å². The summed E-state index contributed by atoms with van der Waals surface area (Å²) in [5, 5.41) is 0. The Bertz CT molecular complexity index is 471. The third-order valence-corrected chi connectivity index (χ3v) is 6.86. The molecule has 4 bridgehead atoms. The highest BCUT2D eigenvalue weighted by Gasteiger charge is 2.77. The maximum atomic E-state index is 6.67. The molecule has 0 unspecified atom stereocenters. The standard InChI is InChI=1S/C17H21N.H3N/c18-15-16-7-11-6-12(9-16)10-17(15,8-11)14(16)13-4-2-1-3-5-13;/h1-5,11-12,14-15H,6-10,18H2;1H3. The molecule has 102 valence electrons. The van der Waals surface area contributed by atoms with Crippen molar-refractivity contribution in [2.75, 3.05) is 0 Å². The van der Waals surface area contributed by atoms with Crippen LogP contribution in [0.5, 0.6) is 0 Å². The Labute approximate surface area is 115 Å². The van der Waals surface area contributed by atoms with Gasteiger partial charge >= 0.3 is 0 Å². The van der Waals surface area contributed by atoms with E-state index in [-0.39, 0.29) is 6.15 Å². The van der Waals surface area contributed by atoms with Crippen LogP contribution >= 0.6 is 0 Å². The summed E-state index contributed by atoms with van der Waals surface area (Å²) in [6, 6.07) is 11.8. The quantitative estimate of drug-likeness (QED) is 0.808. The van der Waals surface area contributed by atoms with E-state index < -0.39 is 0 Å². The predicted octanol–water partition coefficient (Wildman–Crippen LogP) is 3.47. The first-order valence-corrected chi connectivity index (χ1v) is 7.55. The highest BCUT2D eigenvalue weighted by atomic mass is 14.9. The van der Waals surface area contributed by atoms with E-state index in [1.54, 1.807) is 5.56 Å². The Balaban J connectivity index is 0.000000968. The molecule has 0 aromatic heterocycles. The number of nitrogens with two attached hydrogens (primary N) is 1. The van der Waals surface area contributed by atoms with Gasteiger partial charge in [-0.3, -0.25) is 0 Å². The highest BCUT2D eigenvalue weighted by Crippen LogP contribution is 2.82. The summed E-state index contributed by atoms with van der Waals surface area (Å²) in [6.07, 6.45) is 7.20. The molecule has 19 heavy (non-hydrogen) atoms. The Morgan fingerprint density at radius 3 is 1.95 bits per heavy atom. The molecule has 0 radical (unpaired) electrons. The highest BCUT2D eigenvalue weighted by molar-refractivity contribution is 5.40. The van der Waals surface area contributed by atoms with Gasteiger partial charge < -0.3 is 11.9 Å². The largest absolute Gasteiger partial charge is 0.344 e. The summed E-state index contributed by atoms with van der Waals surface area (Å²) in [5.74, 6) is 2.81. The van der Waals surface area contributed by atoms with Crippen molar-refractivity contribution >= 4 is 0 Å². The fourth-order valence-electron chi connectivity index (χ4n) is 6.96. The average molecular weight is 256 g/mol. The van der Waals surface area contributed by atoms with E-state index in [2.05, 4.69) is 30.3 Å². The second-order valence-electron chi connectivity index (χ2n) is 7.57. The van der Waals surface area contributed by atoms with Crippen LogP contribution in [0.25, 0.3) is 0 Å². The Kier molecular flexibility index (Phi) is 2.15. The fourth-order valence-corrected chi connectivity index (χ4v) is 6.96. The molecular formula is C17H24N2. The number of benzene rings is 1. The lowest BCUT2D eigenvalue weighted by molar-refractivity contribution is -0.261. The van der Waals surface area contributed by atoms with Crippen molar-refractivity contribution in [1.82, 2.24) is 6.15 Å². The monoisotopic (exact) mass is 256 g/mol. The van der Waals surface area contributed by atoms with Gasteiger partial charge in [-0.05, 0) is 66.3 Å². The molecule has 1 aromatic carbocycles. The van der Waals surface area contributed by atoms with E-state index in [0.29, 0.717) is 16.9 Å². The minimum atomic E-state index is 0. The zero-order valence-corrected chi connectivity index (χ0v) is 11.5. The van der Waals surface area contributed by atoms with Crippen LogP contribution in [0.3, 0.4) is 0 Å². The van der Waals surface area contributed by atoms with Gasteiger partial charge in [0.05, 0.1) is 0 Å². The second kappa shape index (κ2) is 3.42. The first-order valence-electron chi connectivity index (χ1n) is 7.55. The zero-order chi connectivity index (χ0) is 12.0. The first kappa shape index (κ1) is 11.9. The van der Waals surface area contributed by atoms with Crippen molar-refractivity contribution in [2.24, 2.45) is 28.4 Å². The maximum absolute atomic E-state index is 6.67. The number of rotatable bonds is 1. The van der Waals surface area contributed by atoms with Crippen molar-refractivity contribution in [3.63, 3.8) is 0 Å². The average Bonchev–Trinajstić information content (AvgIpc) is 2.37. The molecular weight excluding hydrogens is 232 g/mol. The zero-order valence-electron chi connectivity index (χ0n) is 11.5. The van der Waals surface area contributed by atoms with Crippen molar-refractivity contribution < 1.29 is 0 Å². The van der Waals surface area contributed by atoms with Crippen LogP contribution in [-0.2, 0) is 0 Å². The van der Waals surface area contributed by atoms with Crippen LogP contribution in [0, 0.1) is 22.7 Å². The van der Waals surface area contributed by atoms with E-state index in [9.17, 15) is 0 Å². The first-order chi connectivity index (χ1) is 8.75. The molecule has 2 heteroatoms. The van der Waals surface area contributed by atoms with Crippen LogP contribution in [0.2, 0.25) is 0 Å². The molecule has 7 aliphatic carbocycles. The molecule has 0 amide bonds. The third-order valence-electron chi connectivity index (χ3n) is 6.86. The molecule has 2 spiro atoms. The second-order valence-corrected chi connectivity index (χ2v) is 7.57. The van der Waals surface area contributed by atoms with Gasteiger partial charge in [-0.15, -0.1) is 0 Å². The van der Waals surface area contributed by atoms with E-state index in [1.165, 1.54) is 32.1 Å². The summed E-state index contributed by atoms with van der Waals surface area (Å²) >= 11 is 0. The lowest BCUT2D eigenvalue weighted by Crippen LogP contribution is -2.79. The minimum absolute atomic E-state index is 0. The molecule has 1 aromatic rings. The Morgan fingerprint density at radius 1 is 0.895 bits per heavy atom. The van der Waals surface area contributed by atoms with E-state index in [0.717, 1.165) is 17.8 Å². The summed E-state index contributed by atoms with van der Waals surface area (Å²) in [4.78, 5) is 0. The molecule has 5 N–H and O–H groups in total. The predicted molar refractivity (Wildman–Crippen MR) is 77.1 cm³/mol. The molecule has 0 atom stereocenters. The lowest BCUT2D eigenvalue weighted by atomic mass is 9.25. The summed E-state index contributed by atoms with van der Waals surface area (Å²) < 4.78 is 0. The van der Waals surface area contributed by atoms with E-state index in [4.69, 9.17) is 5.73 Å².